The molecule has 1 heterocycles. The quantitative estimate of drug-likeness (QED) is 0.401. The molecule has 0 bridgehead atoms. The zero-order valence-electron chi connectivity index (χ0n) is 18.0. The highest BCUT2D eigenvalue weighted by molar-refractivity contribution is 7.80. The summed E-state index contributed by atoms with van der Waals surface area (Å²) in [6.45, 7) is 8.43. The Hall–Kier alpha value is -2.80. The number of nitrogens with zero attached hydrogens (tertiary/aromatic N) is 3. The Morgan fingerprint density at radius 3 is 2.40 bits per heavy atom. The topological polar surface area (TPSA) is 71.8 Å². The molecule has 0 aliphatic heterocycles. The molecule has 0 unspecified atom stereocenters. The van der Waals surface area contributed by atoms with Crippen LogP contribution in [0.15, 0.2) is 36.4 Å². The maximum absolute atomic E-state index is 12.0. The summed E-state index contributed by atoms with van der Waals surface area (Å²) in [5, 5.41) is 15.4. The van der Waals surface area contributed by atoms with Crippen molar-refractivity contribution in [2.45, 2.75) is 59.3 Å². The Bertz CT molecular complexity index is 1040. The number of aryl methyl sites for hydroxylation is 1. The molecule has 0 fully saturated rings. The minimum absolute atomic E-state index is 0.0597. The number of aromatic nitrogens is 3. The van der Waals surface area contributed by atoms with Gasteiger partial charge in [0, 0.05) is 12.1 Å². The molecule has 2 aromatic carbocycles. The molecule has 6 nitrogen and oxygen atoms in total. The van der Waals surface area contributed by atoms with E-state index in [-0.39, 0.29) is 5.91 Å². The smallest absolute Gasteiger partial charge is 0.226 e. The lowest BCUT2D eigenvalue weighted by Gasteiger charge is -2.11. The molecule has 2 N–H and O–H groups in total. The lowest BCUT2D eigenvalue weighted by atomic mass is 10.0. The molecule has 30 heavy (non-hydrogen) atoms. The van der Waals surface area contributed by atoms with E-state index in [4.69, 9.17) is 12.2 Å². The molecule has 1 aromatic heterocycles. The number of unbranched alkanes of at least 4 members (excludes halogenated alkanes) is 2. The molecule has 3 aromatic rings. The highest BCUT2D eigenvalue weighted by Gasteiger charge is 2.11. The maximum Gasteiger partial charge on any atom is 0.226 e. The van der Waals surface area contributed by atoms with Crippen LogP contribution < -0.4 is 10.6 Å². The van der Waals surface area contributed by atoms with E-state index < -0.39 is 0 Å². The lowest BCUT2D eigenvalue weighted by Crippen LogP contribution is -2.34. The third-order valence-corrected chi connectivity index (χ3v) is 5.23. The van der Waals surface area contributed by atoms with Crippen LogP contribution in [0.5, 0.6) is 0 Å². The molecule has 1 amide bonds. The minimum atomic E-state index is -0.0597. The number of benzene rings is 2. The van der Waals surface area contributed by atoms with Gasteiger partial charge in [-0.05, 0) is 66.9 Å². The first-order valence-electron chi connectivity index (χ1n) is 10.5. The van der Waals surface area contributed by atoms with Gasteiger partial charge in [-0.3, -0.25) is 4.79 Å². The second-order valence-electron chi connectivity index (χ2n) is 7.85. The van der Waals surface area contributed by atoms with E-state index in [2.05, 4.69) is 53.7 Å². The number of carbonyl (C=O) groups is 1. The number of fused-ring (bicyclic) bond motifs is 1. The fraction of sp³-hybridized carbons (Fsp3) is 0.391. The Labute approximate surface area is 183 Å². The van der Waals surface area contributed by atoms with Crippen molar-refractivity contribution in [3.8, 4) is 5.69 Å². The molecule has 0 saturated carbocycles. The van der Waals surface area contributed by atoms with E-state index in [0.29, 0.717) is 17.5 Å². The molecule has 7 heteroatoms. The highest BCUT2D eigenvalue weighted by atomic mass is 32.1. The van der Waals surface area contributed by atoms with Gasteiger partial charge in [-0.1, -0.05) is 45.7 Å². The molecule has 0 saturated heterocycles. The van der Waals surface area contributed by atoms with E-state index in [1.807, 2.05) is 31.2 Å². The Morgan fingerprint density at radius 1 is 1.10 bits per heavy atom. The third-order valence-electron chi connectivity index (χ3n) is 5.03. The molecule has 158 valence electrons. The summed E-state index contributed by atoms with van der Waals surface area (Å²) in [5.74, 6) is 0.423. The van der Waals surface area contributed by atoms with Crippen molar-refractivity contribution in [2.75, 3.05) is 5.32 Å². The zero-order valence-corrected chi connectivity index (χ0v) is 18.8. The molecular weight excluding hydrogens is 394 g/mol. The standard InChI is InChI=1S/C23H29N5OS/c1-5-6-7-8-22(29)25-23(30)24-19-14-21-20(13-16(19)4)26-28(27-21)18-11-9-17(10-12-18)15(2)3/h9-15H,5-8H2,1-4H3,(H2,24,25,29,30). The van der Waals surface area contributed by atoms with Gasteiger partial charge in [0.05, 0.1) is 5.69 Å². The minimum Gasteiger partial charge on any atom is -0.332 e. The van der Waals surface area contributed by atoms with Gasteiger partial charge in [0.1, 0.15) is 11.0 Å². The fourth-order valence-corrected chi connectivity index (χ4v) is 3.41. The van der Waals surface area contributed by atoms with Crippen LogP contribution in [0.25, 0.3) is 16.7 Å². The number of nitrogens with one attached hydrogen (secondary N) is 2. The summed E-state index contributed by atoms with van der Waals surface area (Å²) in [6, 6.07) is 12.1. The average molecular weight is 424 g/mol. The van der Waals surface area contributed by atoms with Crippen LogP contribution in [0, 0.1) is 6.92 Å². The second-order valence-corrected chi connectivity index (χ2v) is 8.26. The molecule has 0 aliphatic carbocycles. The number of amides is 1. The summed E-state index contributed by atoms with van der Waals surface area (Å²) in [6.07, 6.45) is 3.48. The first-order valence-corrected chi connectivity index (χ1v) is 10.9. The zero-order chi connectivity index (χ0) is 21.7. The number of hydrogen-bond acceptors (Lipinski definition) is 4. The number of carbonyl (C=O) groups excluding carboxylic acids is 1. The van der Waals surface area contributed by atoms with Crippen LogP contribution in [0.2, 0.25) is 0 Å². The average Bonchev–Trinajstić information content (AvgIpc) is 3.11. The predicted octanol–water partition coefficient (Wildman–Crippen LogP) is 5.25. The van der Waals surface area contributed by atoms with Crippen molar-refractivity contribution >= 4 is 40.0 Å². The van der Waals surface area contributed by atoms with Crippen LogP contribution in [0.1, 0.15) is 63.5 Å². The maximum atomic E-state index is 12.0. The van der Waals surface area contributed by atoms with Crippen molar-refractivity contribution in [1.29, 1.82) is 0 Å². The number of rotatable bonds is 7. The Morgan fingerprint density at radius 2 is 1.77 bits per heavy atom. The van der Waals surface area contributed by atoms with E-state index in [1.165, 1.54) is 5.56 Å². The van der Waals surface area contributed by atoms with Gasteiger partial charge in [0.2, 0.25) is 5.91 Å². The van der Waals surface area contributed by atoms with Crippen LogP contribution in [0.3, 0.4) is 0 Å². The van der Waals surface area contributed by atoms with E-state index in [9.17, 15) is 4.79 Å². The van der Waals surface area contributed by atoms with Crippen molar-refractivity contribution in [1.82, 2.24) is 20.3 Å². The van der Waals surface area contributed by atoms with Gasteiger partial charge in [-0.15, -0.1) is 10.2 Å². The predicted molar refractivity (Wildman–Crippen MR) is 126 cm³/mol. The third kappa shape index (κ3) is 5.42. The van der Waals surface area contributed by atoms with Crippen molar-refractivity contribution in [3.63, 3.8) is 0 Å². The fourth-order valence-electron chi connectivity index (χ4n) is 3.19. The summed E-state index contributed by atoms with van der Waals surface area (Å²) in [7, 11) is 0. The van der Waals surface area contributed by atoms with Crippen LogP contribution in [0.4, 0.5) is 5.69 Å². The highest BCUT2D eigenvalue weighted by Crippen LogP contribution is 2.23. The monoisotopic (exact) mass is 423 g/mol. The summed E-state index contributed by atoms with van der Waals surface area (Å²) in [4.78, 5) is 13.6. The molecular formula is C23H29N5OS. The number of hydrogen-bond donors (Lipinski definition) is 2. The van der Waals surface area contributed by atoms with E-state index >= 15 is 0 Å². The molecule has 0 atom stereocenters. The molecule has 0 spiro atoms. The second kappa shape index (κ2) is 9.80. The van der Waals surface area contributed by atoms with Crippen molar-refractivity contribution in [3.05, 3.63) is 47.5 Å². The van der Waals surface area contributed by atoms with Gasteiger partial charge in [-0.2, -0.15) is 4.80 Å². The SMILES string of the molecule is CCCCCC(=O)NC(=S)Nc1cc2nn(-c3ccc(C(C)C)cc3)nc2cc1C. The van der Waals surface area contributed by atoms with Gasteiger partial charge < -0.3 is 10.6 Å². The molecule has 3 rings (SSSR count). The van der Waals surface area contributed by atoms with Crippen molar-refractivity contribution in [2.24, 2.45) is 0 Å². The number of anilines is 1. The summed E-state index contributed by atoms with van der Waals surface area (Å²) < 4.78 is 0. The van der Waals surface area contributed by atoms with Gasteiger partial charge in [0.25, 0.3) is 0 Å². The van der Waals surface area contributed by atoms with Crippen LogP contribution in [-0.2, 0) is 4.79 Å². The Kier molecular flexibility index (Phi) is 7.15. The van der Waals surface area contributed by atoms with Crippen molar-refractivity contribution < 1.29 is 4.79 Å². The first kappa shape index (κ1) is 21.9. The van der Waals surface area contributed by atoms with Gasteiger partial charge in [0.15, 0.2) is 5.11 Å². The van der Waals surface area contributed by atoms with Crippen LogP contribution in [-0.4, -0.2) is 26.0 Å². The normalized spacial score (nSPS) is 11.1. The van der Waals surface area contributed by atoms with E-state index in [0.717, 1.165) is 47.2 Å². The van der Waals surface area contributed by atoms with Gasteiger partial charge >= 0.3 is 0 Å². The van der Waals surface area contributed by atoms with Crippen LogP contribution >= 0.6 is 12.2 Å². The first-order chi connectivity index (χ1) is 14.4. The number of thiocarbonyl (C=S) groups is 1. The lowest BCUT2D eigenvalue weighted by molar-refractivity contribution is -0.119. The van der Waals surface area contributed by atoms with Gasteiger partial charge in [-0.25, -0.2) is 0 Å². The summed E-state index contributed by atoms with van der Waals surface area (Å²) >= 11 is 5.30. The largest absolute Gasteiger partial charge is 0.332 e. The Balaban J connectivity index is 1.73. The van der Waals surface area contributed by atoms with E-state index in [1.54, 1.807) is 4.80 Å². The summed E-state index contributed by atoms with van der Waals surface area (Å²) in [5.41, 5.74) is 5.55. The molecule has 0 aliphatic rings. The molecule has 0 radical (unpaired) electrons.